The molecule has 2 amide bonds. The van der Waals surface area contributed by atoms with Crippen molar-refractivity contribution >= 4 is 39.1 Å². The summed E-state index contributed by atoms with van der Waals surface area (Å²) in [6.45, 7) is 1.89. The van der Waals surface area contributed by atoms with E-state index in [4.69, 9.17) is 4.74 Å². The molecule has 0 spiro atoms. The fourth-order valence-electron chi connectivity index (χ4n) is 1.64. The number of ether oxygens (including phenoxy) is 1. The van der Waals surface area contributed by atoms with Crippen molar-refractivity contribution in [2.45, 2.75) is 6.92 Å². The molecule has 2 N–H and O–H groups in total. The Bertz CT molecular complexity index is 685. The molecule has 0 bridgehead atoms. The molecule has 0 unspecified atom stereocenters. The maximum Gasteiger partial charge on any atom is 0.279 e. The Morgan fingerprint density at radius 2 is 1.86 bits per heavy atom. The van der Waals surface area contributed by atoms with Crippen molar-refractivity contribution in [2.75, 3.05) is 7.11 Å². The van der Waals surface area contributed by atoms with Crippen molar-refractivity contribution < 1.29 is 14.3 Å². The average Bonchev–Trinajstić information content (AvgIpc) is 2.91. The lowest BCUT2D eigenvalue weighted by Gasteiger charge is -2.09. The maximum absolute atomic E-state index is 12.0. The number of rotatable bonds is 3. The van der Waals surface area contributed by atoms with Crippen molar-refractivity contribution in [1.82, 2.24) is 10.9 Å². The number of benzene rings is 1. The summed E-state index contributed by atoms with van der Waals surface area (Å²) < 4.78 is 6.01. The third-order valence-electron chi connectivity index (χ3n) is 2.76. The number of carbonyl (C=O) groups excluding carboxylic acids is 2. The first kappa shape index (κ1) is 15.5. The van der Waals surface area contributed by atoms with Crippen molar-refractivity contribution in [3.63, 3.8) is 0 Å². The topological polar surface area (TPSA) is 67.4 Å². The van der Waals surface area contributed by atoms with Crippen molar-refractivity contribution in [3.05, 3.63) is 50.1 Å². The molecule has 0 fully saturated rings. The molecule has 0 aliphatic carbocycles. The van der Waals surface area contributed by atoms with E-state index in [1.165, 1.54) is 11.3 Å². The molecule has 0 saturated carbocycles. The summed E-state index contributed by atoms with van der Waals surface area (Å²) in [5.74, 6) is -0.147. The molecule has 7 heteroatoms. The Balaban J connectivity index is 2.00. The standard InChI is InChI=1S/C14H13BrN2O3S/c1-8-3-4-9(7-10(8)20-2)13(18)16-17-14(19)11-5-6-12(15)21-11/h3-7H,1-2H3,(H,16,18)(H,17,19). The molecular weight excluding hydrogens is 356 g/mol. The third kappa shape index (κ3) is 3.83. The smallest absolute Gasteiger partial charge is 0.279 e. The molecule has 0 aliphatic heterocycles. The number of nitrogens with one attached hydrogen (secondary N) is 2. The highest BCUT2D eigenvalue weighted by molar-refractivity contribution is 9.11. The van der Waals surface area contributed by atoms with Gasteiger partial charge in [-0.2, -0.15) is 0 Å². The molecule has 2 aromatic rings. The predicted octanol–water partition coefficient (Wildman–Crippen LogP) is 2.90. The Labute approximate surface area is 134 Å². The lowest BCUT2D eigenvalue weighted by Crippen LogP contribution is -2.41. The van der Waals surface area contributed by atoms with E-state index < -0.39 is 5.91 Å². The molecule has 0 radical (unpaired) electrons. The van der Waals surface area contributed by atoms with Gasteiger partial charge in [0.05, 0.1) is 15.8 Å². The molecule has 1 aromatic carbocycles. The van der Waals surface area contributed by atoms with Gasteiger partial charge in [0, 0.05) is 5.56 Å². The number of amides is 2. The van der Waals surface area contributed by atoms with Crippen LogP contribution in [0.3, 0.4) is 0 Å². The van der Waals surface area contributed by atoms with Crippen LogP contribution in [0.15, 0.2) is 34.1 Å². The second-order valence-electron chi connectivity index (χ2n) is 4.20. The Morgan fingerprint density at radius 1 is 1.14 bits per heavy atom. The minimum absolute atomic E-state index is 0.363. The number of hydrogen-bond acceptors (Lipinski definition) is 4. The number of thiophene rings is 1. The second-order valence-corrected chi connectivity index (χ2v) is 6.66. The zero-order valence-corrected chi connectivity index (χ0v) is 13.8. The quantitative estimate of drug-likeness (QED) is 0.818. The van der Waals surface area contributed by atoms with Crippen LogP contribution in [-0.4, -0.2) is 18.9 Å². The Hall–Kier alpha value is -1.86. The predicted molar refractivity (Wildman–Crippen MR) is 84.7 cm³/mol. The summed E-state index contributed by atoms with van der Waals surface area (Å²) in [6.07, 6.45) is 0. The van der Waals surface area contributed by atoms with Gasteiger partial charge >= 0.3 is 0 Å². The molecule has 110 valence electrons. The highest BCUT2D eigenvalue weighted by Crippen LogP contribution is 2.21. The van der Waals surface area contributed by atoms with Gasteiger partial charge in [0.1, 0.15) is 5.75 Å². The van der Waals surface area contributed by atoms with E-state index in [9.17, 15) is 9.59 Å². The number of halogens is 1. The van der Waals surface area contributed by atoms with E-state index in [0.29, 0.717) is 16.2 Å². The van der Waals surface area contributed by atoms with E-state index in [-0.39, 0.29) is 5.91 Å². The summed E-state index contributed by atoms with van der Waals surface area (Å²) in [5, 5.41) is 0. The van der Waals surface area contributed by atoms with Gasteiger partial charge < -0.3 is 4.74 Å². The monoisotopic (exact) mass is 368 g/mol. The Morgan fingerprint density at radius 3 is 2.48 bits per heavy atom. The zero-order valence-electron chi connectivity index (χ0n) is 11.4. The van der Waals surface area contributed by atoms with Gasteiger partial charge in [-0.25, -0.2) is 0 Å². The Kier molecular flexibility index (Phi) is 4.98. The lowest BCUT2D eigenvalue weighted by molar-refractivity contribution is 0.0848. The molecule has 0 atom stereocenters. The van der Waals surface area contributed by atoms with Crippen LogP contribution in [0.1, 0.15) is 25.6 Å². The average molecular weight is 369 g/mol. The number of methoxy groups -OCH3 is 1. The second kappa shape index (κ2) is 6.73. The van der Waals surface area contributed by atoms with Crippen LogP contribution in [0, 0.1) is 6.92 Å². The molecule has 21 heavy (non-hydrogen) atoms. The summed E-state index contributed by atoms with van der Waals surface area (Å²) in [7, 11) is 1.54. The number of hydrogen-bond donors (Lipinski definition) is 2. The largest absolute Gasteiger partial charge is 0.496 e. The first-order chi connectivity index (χ1) is 10.0. The van der Waals surface area contributed by atoms with E-state index >= 15 is 0 Å². The highest BCUT2D eigenvalue weighted by atomic mass is 79.9. The third-order valence-corrected chi connectivity index (χ3v) is 4.38. The molecular formula is C14H13BrN2O3S. The fourth-order valence-corrected chi connectivity index (χ4v) is 2.93. The van der Waals surface area contributed by atoms with Crippen molar-refractivity contribution in [1.29, 1.82) is 0 Å². The minimum atomic E-state index is -0.405. The van der Waals surface area contributed by atoms with E-state index in [0.717, 1.165) is 9.35 Å². The van der Waals surface area contributed by atoms with Crippen molar-refractivity contribution in [3.8, 4) is 5.75 Å². The molecule has 0 aliphatic rings. The van der Waals surface area contributed by atoms with Gasteiger partial charge in [-0.3, -0.25) is 20.4 Å². The number of hydrazine groups is 1. The first-order valence-corrected chi connectivity index (χ1v) is 7.63. The number of aryl methyl sites for hydroxylation is 1. The summed E-state index contributed by atoms with van der Waals surface area (Å²) >= 11 is 4.56. The fraction of sp³-hybridized carbons (Fsp3) is 0.143. The van der Waals surface area contributed by atoms with Crippen LogP contribution in [-0.2, 0) is 0 Å². The SMILES string of the molecule is COc1cc(C(=O)NNC(=O)c2ccc(Br)s2)ccc1C. The van der Waals surface area contributed by atoms with Gasteiger partial charge in [0.25, 0.3) is 11.8 Å². The van der Waals surface area contributed by atoms with Gasteiger partial charge in [-0.15, -0.1) is 11.3 Å². The number of carbonyl (C=O) groups is 2. The molecule has 0 saturated heterocycles. The molecule has 1 heterocycles. The van der Waals surface area contributed by atoms with Gasteiger partial charge in [0.15, 0.2) is 0 Å². The van der Waals surface area contributed by atoms with E-state index in [1.807, 2.05) is 6.92 Å². The van der Waals surface area contributed by atoms with Crippen LogP contribution in [0.5, 0.6) is 5.75 Å². The van der Waals surface area contributed by atoms with Gasteiger partial charge in [-0.05, 0) is 52.7 Å². The van der Waals surface area contributed by atoms with Crippen LogP contribution >= 0.6 is 27.3 Å². The van der Waals surface area contributed by atoms with Gasteiger partial charge in [0.2, 0.25) is 0 Å². The minimum Gasteiger partial charge on any atom is -0.496 e. The van der Waals surface area contributed by atoms with Gasteiger partial charge in [-0.1, -0.05) is 6.07 Å². The lowest BCUT2D eigenvalue weighted by atomic mass is 10.1. The first-order valence-electron chi connectivity index (χ1n) is 6.02. The molecule has 1 aromatic heterocycles. The molecule has 2 rings (SSSR count). The summed E-state index contributed by atoms with van der Waals surface area (Å²) in [4.78, 5) is 24.3. The summed E-state index contributed by atoms with van der Waals surface area (Å²) in [6, 6.07) is 8.52. The van der Waals surface area contributed by atoms with Crippen molar-refractivity contribution in [2.24, 2.45) is 0 Å². The molecule has 5 nitrogen and oxygen atoms in total. The summed E-state index contributed by atoms with van der Waals surface area (Å²) in [5.41, 5.74) is 6.09. The van der Waals surface area contributed by atoms with E-state index in [1.54, 1.807) is 37.4 Å². The zero-order chi connectivity index (χ0) is 15.4. The van der Waals surface area contributed by atoms with E-state index in [2.05, 4.69) is 26.8 Å². The normalized spacial score (nSPS) is 10.0. The van der Waals surface area contributed by atoms with Crippen LogP contribution in [0.2, 0.25) is 0 Å². The van der Waals surface area contributed by atoms with Crippen LogP contribution in [0.4, 0.5) is 0 Å². The van der Waals surface area contributed by atoms with Crippen LogP contribution in [0.25, 0.3) is 0 Å². The van der Waals surface area contributed by atoms with Crippen LogP contribution < -0.4 is 15.6 Å². The maximum atomic E-state index is 12.0. The highest BCUT2D eigenvalue weighted by Gasteiger charge is 2.12.